The van der Waals surface area contributed by atoms with Gasteiger partial charge in [0.25, 0.3) is 5.79 Å². The minimum Gasteiger partial charge on any atom is -0.359 e. The smallest absolute Gasteiger partial charge is 0.359 e. The Balaban J connectivity index is 4.37. The summed E-state index contributed by atoms with van der Waals surface area (Å²) in [5.74, 6) is -3.79. The first-order valence-electron chi connectivity index (χ1n) is 4.49. The Morgan fingerprint density at radius 2 is 1.47 bits per heavy atom. The lowest BCUT2D eigenvalue weighted by atomic mass is 10.2. The molecule has 0 aliphatic carbocycles. The molecule has 0 aliphatic rings. The molecule has 0 spiro atoms. The van der Waals surface area contributed by atoms with Gasteiger partial charge >= 0.3 is 6.18 Å². The van der Waals surface area contributed by atoms with E-state index >= 15 is 0 Å². The molecule has 0 unspecified atom stereocenters. The zero-order chi connectivity index (χ0) is 12.1. The fraction of sp³-hybridized carbons (Fsp3) is 1.00. The van der Waals surface area contributed by atoms with Crippen LogP contribution in [-0.4, -0.2) is 41.7 Å². The number of hydrogen-bond donors (Lipinski definition) is 2. The molecule has 0 aromatic heterocycles. The Kier molecular flexibility index (Phi) is 5.50. The number of hydrogen-bond acceptors (Lipinski definition) is 4. The lowest BCUT2D eigenvalue weighted by Crippen LogP contribution is -2.48. The average Bonchev–Trinajstić information content (AvgIpc) is 2.02. The maximum Gasteiger partial charge on any atom is 0.443 e. The highest BCUT2D eigenvalue weighted by atomic mass is 19.4. The van der Waals surface area contributed by atoms with Crippen molar-refractivity contribution >= 4 is 0 Å². The molecule has 15 heavy (non-hydrogen) atoms. The Morgan fingerprint density at radius 1 is 1.07 bits per heavy atom. The van der Waals surface area contributed by atoms with E-state index in [-0.39, 0.29) is 13.2 Å². The van der Waals surface area contributed by atoms with Crippen LogP contribution in [0.2, 0.25) is 0 Å². The van der Waals surface area contributed by atoms with Crippen LogP contribution in [-0.2, 0) is 9.47 Å². The fourth-order valence-electron chi connectivity index (χ4n) is 0.886. The second-order valence-corrected chi connectivity index (χ2v) is 2.86. The summed E-state index contributed by atoms with van der Waals surface area (Å²) in [5.41, 5.74) is 0. The van der Waals surface area contributed by atoms with Crippen molar-refractivity contribution < 1.29 is 32.9 Å². The summed E-state index contributed by atoms with van der Waals surface area (Å²) in [6, 6.07) is 0. The van der Waals surface area contributed by atoms with Crippen LogP contribution in [0.15, 0.2) is 0 Å². The molecule has 0 saturated carbocycles. The van der Waals surface area contributed by atoms with Crippen LogP contribution in [0.4, 0.5) is 13.2 Å². The highest BCUT2D eigenvalue weighted by Gasteiger charge is 2.54. The molecule has 0 aromatic rings. The topological polar surface area (TPSA) is 58.9 Å². The van der Waals surface area contributed by atoms with Crippen molar-refractivity contribution in [2.45, 2.75) is 38.5 Å². The van der Waals surface area contributed by atoms with E-state index in [4.69, 9.17) is 19.7 Å². The van der Waals surface area contributed by atoms with Gasteiger partial charge in [-0.05, 0) is 13.8 Å². The summed E-state index contributed by atoms with van der Waals surface area (Å²) < 4.78 is 45.7. The summed E-state index contributed by atoms with van der Waals surface area (Å²) in [7, 11) is 0. The van der Waals surface area contributed by atoms with E-state index in [0.29, 0.717) is 0 Å². The van der Waals surface area contributed by atoms with Gasteiger partial charge in [0.2, 0.25) is 0 Å². The van der Waals surface area contributed by atoms with Gasteiger partial charge in [-0.1, -0.05) is 0 Å². The van der Waals surface area contributed by atoms with Crippen molar-refractivity contribution in [2.75, 3.05) is 13.2 Å². The number of aliphatic hydroxyl groups is 2. The maximum atomic E-state index is 12.1. The molecule has 2 N–H and O–H groups in total. The molecule has 0 fully saturated rings. The highest BCUT2D eigenvalue weighted by Crippen LogP contribution is 2.32. The van der Waals surface area contributed by atoms with Gasteiger partial charge in [-0.25, -0.2) is 0 Å². The largest absolute Gasteiger partial charge is 0.443 e. The second-order valence-electron chi connectivity index (χ2n) is 2.86. The third-order valence-corrected chi connectivity index (χ3v) is 1.61. The van der Waals surface area contributed by atoms with E-state index in [2.05, 4.69) is 0 Å². The zero-order valence-corrected chi connectivity index (χ0v) is 8.54. The number of rotatable bonds is 6. The maximum absolute atomic E-state index is 12.1. The van der Waals surface area contributed by atoms with Gasteiger partial charge in [0.15, 0.2) is 6.29 Å². The van der Waals surface area contributed by atoms with Crippen LogP contribution in [0, 0.1) is 0 Å². The number of alkyl halides is 3. The minimum absolute atomic E-state index is 0.124. The standard InChI is InChI=1S/C8H15F3O4/c1-3-14-6(15-4-2)5-7(12,13)8(9,10)11/h6,12-13H,3-5H2,1-2H3. The molecule has 0 aromatic carbocycles. The monoisotopic (exact) mass is 232 g/mol. The number of halogens is 3. The van der Waals surface area contributed by atoms with E-state index in [1.165, 1.54) is 0 Å². The van der Waals surface area contributed by atoms with Gasteiger partial charge in [-0.3, -0.25) is 0 Å². The van der Waals surface area contributed by atoms with Gasteiger partial charge in [-0.15, -0.1) is 0 Å². The zero-order valence-electron chi connectivity index (χ0n) is 8.54. The summed E-state index contributed by atoms with van der Waals surface area (Å²) in [5, 5.41) is 17.5. The van der Waals surface area contributed by atoms with Crippen molar-refractivity contribution in [1.82, 2.24) is 0 Å². The Labute approximate surface area is 85.6 Å². The summed E-state index contributed by atoms with van der Waals surface area (Å²) in [4.78, 5) is 0. The molecule has 0 saturated heterocycles. The molecule has 0 aliphatic heterocycles. The fourth-order valence-corrected chi connectivity index (χ4v) is 0.886. The third kappa shape index (κ3) is 4.78. The van der Waals surface area contributed by atoms with Crippen molar-refractivity contribution in [3.05, 3.63) is 0 Å². The molecular formula is C8H15F3O4. The lowest BCUT2D eigenvalue weighted by molar-refractivity contribution is -0.366. The van der Waals surface area contributed by atoms with Gasteiger partial charge in [-0.2, -0.15) is 13.2 Å². The van der Waals surface area contributed by atoms with E-state index < -0.39 is 24.7 Å². The van der Waals surface area contributed by atoms with Crippen molar-refractivity contribution in [1.29, 1.82) is 0 Å². The van der Waals surface area contributed by atoms with Crippen molar-refractivity contribution in [2.24, 2.45) is 0 Å². The quantitative estimate of drug-likeness (QED) is 0.671. The first-order chi connectivity index (χ1) is 6.74. The van der Waals surface area contributed by atoms with Crippen LogP contribution >= 0.6 is 0 Å². The van der Waals surface area contributed by atoms with Crippen LogP contribution in [0.25, 0.3) is 0 Å². The van der Waals surface area contributed by atoms with E-state index in [1.807, 2.05) is 0 Å². The van der Waals surface area contributed by atoms with Crippen LogP contribution < -0.4 is 0 Å². The normalized spacial score (nSPS) is 13.6. The minimum atomic E-state index is -5.13. The summed E-state index contributed by atoms with van der Waals surface area (Å²) in [6.45, 7) is 3.38. The molecule has 0 atom stereocenters. The van der Waals surface area contributed by atoms with E-state index in [1.54, 1.807) is 13.8 Å². The predicted octanol–water partition coefficient (Wildman–Crippen LogP) is 1.02. The molecule has 0 amide bonds. The average molecular weight is 232 g/mol. The van der Waals surface area contributed by atoms with Gasteiger partial charge < -0.3 is 19.7 Å². The van der Waals surface area contributed by atoms with Gasteiger partial charge in [0.1, 0.15) is 0 Å². The van der Waals surface area contributed by atoms with Crippen LogP contribution in [0.1, 0.15) is 20.3 Å². The van der Waals surface area contributed by atoms with Crippen molar-refractivity contribution in [3.63, 3.8) is 0 Å². The summed E-state index contributed by atoms with van der Waals surface area (Å²) in [6.07, 6.45) is -7.48. The lowest BCUT2D eigenvalue weighted by Gasteiger charge is -2.28. The molecule has 0 bridgehead atoms. The van der Waals surface area contributed by atoms with Crippen LogP contribution in [0.3, 0.4) is 0 Å². The second kappa shape index (κ2) is 5.64. The molecule has 7 heteroatoms. The molecule has 0 heterocycles. The third-order valence-electron chi connectivity index (χ3n) is 1.61. The predicted molar refractivity (Wildman–Crippen MR) is 44.9 cm³/mol. The molecule has 0 radical (unpaired) electrons. The van der Waals surface area contributed by atoms with Gasteiger partial charge in [0, 0.05) is 13.2 Å². The van der Waals surface area contributed by atoms with Crippen molar-refractivity contribution in [3.8, 4) is 0 Å². The first kappa shape index (κ1) is 14.6. The van der Waals surface area contributed by atoms with Gasteiger partial charge in [0.05, 0.1) is 6.42 Å². The van der Waals surface area contributed by atoms with E-state index in [0.717, 1.165) is 0 Å². The first-order valence-corrected chi connectivity index (χ1v) is 4.49. The van der Waals surface area contributed by atoms with E-state index in [9.17, 15) is 13.2 Å². The SMILES string of the molecule is CCOC(CC(O)(O)C(F)(F)F)OCC. The molecular weight excluding hydrogens is 217 g/mol. The Bertz CT molecular complexity index is 175. The van der Waals surface area contributed by atoms with Crippen LogP contribution in [0.5, 0.6) is 0 Å². The Morgan fingerprint density at radius 3 is 1.73 bits per heavy atom. The highest BCUT2D eigenvalue weighted by molar-refractivity contribution is 4.75. The Hall–Kier alpha value is -0.370. The number of ether oxygens (including phenoxy) is 2. The summed E-state index contributed by atoms with van der Waals surface area (Å²) >= 11 is 0. The molecule has 4 nitrogen and oxygen atoms in total. The molecule has 0 rings (SSSR count). The molecule has 92 valence electrons.